The fourth-order valence-corrected chi connectivity index (χ4v) is 0. The van der Waals surface area contributed by atoms with E-state index >= 15 is 0 Å². The summed E-state index contributed by atoms with van der Waals surface area (Å²) in [5.74, 6) is 0. The second-order valence-electron chi connectivity index (χ2n) is 0.888. The van der Waals surface area contributed by atoms with Gasteiger partial charge in [0, 0.05) is 13.3 Å². The summed E-state index contributed by atoms with van der Waals surface area (Å²) >= 11 is 8.71. The van der Waals surface area contributed by atoms with Crippen LogP contribution < -0.4 is 0 Å². The van der Waals surface area contributed by atoms with Crippen molar-refractivity contribution in [3.05, 3.63) is 0 Å². The first-order chi connectivity index (χ1) is 2.64. The van der Waals surface area contributed by atoms with E-state index < -0.39 is 0 Å². The van der Waals surface area contributed by atoms with Gasteiger partial charge in [-0.3, -0.25) is 0 Å². The van der Waals surface area contributed by atoms with Gasteiger partial charge in [-0.25, -0.2) is 0 Å². The Morgan fingerprint density at radius 1 is 1.83 bits per heavy atom. The maximum atomic E-state index is 4.78. The number of rotatable bonds is 1. The first kappa shape index (κ1) is 6.88. The predicted molar refractivity (Wildman–Crippen MR) is 37.4 cm³/mol. The Bertz CT molecular complexity index is 59.8. The molecule has 0 amide bonds. The minimum Gasteiger partial charge on any atom is -0.197 e. The molecule has 38 valence electrons. The minimum atomic E-state index is -0.0864. The third-order valence-electron chi connectivity index (χ3n) is 0.372. The lowest BCUT2D eigenvalue weighted by molar-refractivity contribution is 0.958. The van der Waals surface area contributed by atoms with Crippen LogP contribution in [0.1, 0.15) is 0 Å². The second kappa shape index (κ2) is 2.96. The molecular formula is C2H7NS3. The van der Waals surface area contributed by atoms with Gasteiger partial charge in [0.25, 0.3) is 0 Å². The summed E-state index contributed by atoms with van der Waals surface area (Å²) in [5, 5.41) is 0. The number of thiol groups is 1. The van der Waals surface area contributed by atoms with E-state index in [1.807, 2.05) is 13.3 Å². The Balaban J connectivity index is 3.26. The van der Waals surface area contributed by atoms with Crippen LogP contribution >= 0.6 is 12.8 Å². The largest absolute Gasteiger partial charge is 0.197 e. The quantitative estimate of drug-likeness (QED) is 0.526. The second-order valence-corrected chi connectivity index (χ2v) is 4.60. The van der Waals surface area contributed by atoms with Gasteiger partial charge in [-0.1, -0.05) is 12.8 Å². The van der Waals surface area contributed by atoms with Crippen molar-refractivity contribution in [2.24, 2.45) is 0 Å². The molecular weight excluding hydrogens is 134 g/mol. The molecule has 0 aromatic heterocycles. The molecule has 1 unspecified atom stereocenters. The smallest absolute Gasteiger partial charge is 0.00881 e. The Morgan fingerprint density at radius 2 is 2.00 bits per heavy atom. The van der Waals surface area contributed by atoms with Crippen LogP contribution in [0.4, 0.5) is 0 Å². The molecule has 0 bridgehead atoms. The number of hydrogen-bond acceptors (Lipinski definition) is 2. The predicted octanol–water partition coefficient (Wildman–Crippen LogP) is 0.388. The molecule has 0 N–H and O–H groups in total. The molecule has 6 heavy (non-hydrogen) atoms. The summed E-state index contributed by atoms with van der Waals surface area (Å²) in [6.45, 7) is 0. The van der Waals surface area contributed by atoms with Crippen LogP contribution in [0.2, 0.25) is 0 Å². The maximum Gasteiger partial charge on any atom is 0.00881 e. The third-order valence-corrected chi connectivity index (χ3v) is 2.85. The van der Waals surface area contributed by atoms with E-state index in [4.69, 9.17) is 11.2 Å². The zero-order chi connectivity index (χ0) is 5.15. The van der Waals surface area contributed by atoms with Gasteiger partial charge in [-0.05, 0) is 20.8 Å². The summed E-state index contributed by atoms with van der Waals surface area (Å²) in [6.07, 6.45) is 1.93. The first-order valence-electron chi connectivity index (χ1n) is 1.40. The summed E-state index contributed by atoms with van der Waals surface area (Å²) in [7, 11) is 1.76. The number of hydrogen-bond donors (Lipinski definition) is 1. The Kier molecular flexibility index (Phi) is 3.39. The standard InChI is InChI=1S/C2H7NS3/c1-3(4)6(2)5/h4H,1-2H3. The highest BCUT2D eigenvalue weighted by atomic mass is 32.8. The molecule has 0 fully saturated rings. The van der Waals surface area contributed by atoms with Gasteiger partial charge in [0.1, 0.15) is 0 Å². The molecule has 0 aliphatic heterocycles. The highest BCUT2D eigenvalue weighted by molar-refractivity contribution is 8.29. The van der Waals surface area contributed by atoms with Crippen molar-refractivity contribution in [1.29, 1.82) is 0 Å². The molecule has 0 saturated carbocycles. The fraction of sp³-hybridized carbons (Fsp3) is 1.00. The van der Waals surface area contributed by atoms with Crippen LogP contribution in [0.25, 0.3) is 0 Å². The Labute approximate surface area is 51.0 Å². The van der Waals surface area contributed by atoms with Gasteiger partial charge in [-0.2, -0.15) is 3.71 Å². The van der Waals surface area contributed by atoms with Gasteiger partial charge in [-0.15, -0.1) is 0 Å². The molecule has 0 rings (SSSR count). The lowest BCUT2D eigenvalue weighted by atomic mass is 11.6. The van der Waals surface area contributed by atoms with Gasteiger partial charge in [0.05, 0.1) is 0 Å². The molecule has 0 aliphatic rings. The molecule has 0 spiro atoms. The van der Waals surface area contributed by atoms with Crippen LogP contribution in [-0.2, 0) is 20.8 Å². The van der Waals surface area contributed by atoms with Gasteiger partial charge in [0.15, 0.2) is 0 Å². The van der Waals surface area contributed by atoms with Crippen molar-refractivity contribution in [2.45, 2.75) is 0 Å². The van der Waals surface area contributed by atoms with Crippen LogP contribution in [0.15, 0.2) is 0 Å². The van der Waals surface area contributed by atoms with Crippen LogP contribution in [0, 0.1) is 0 Å². The van der Waals surface area contributed by atoms with E-state index in [1.54, 1.807) is 3.71 Å². The van der Waals surface area contributed by atoms with E-state index in [1.165, 1.54) is 0 Å². The molecule has 1 atom stereocenters. The normalized spacial score (nSPS) is 15.3. The Hall–Kier alpha value is 0.880. The van der Waals surface area contributed by atoms with Crippen molar-refractivity contribution in [1.82, 2.24) is 3.71 Å². The topological polar surface area (TPSA) is 3.24 Å². The molecule has 4 heteroatoms. The fourth-order valence-electron chi connectivity index (χ4n) is 0. The molecule has 0 aromatic rings. The summed E-state index contributed by atoms with van der Waals surface area (Å²) in [4.78, 5) is 0. The summed E-state index contributed by atoms with van der Waals surface area (Å²) in [5.41, 5.74) is 0. The van der Waals surface area contributed by atoms with E-state index in [0.717, 1.165) is 0 Å². The average Bonchev–Trinajstić information content (AvgIpc) is 1.36. The zero-order valence-electron chi connectivity index (χ0n) is 3.71. The van der Waals surface area contributed by atoms with Crippen molar-refractivity contribution < 1.29 is 0 Å². The summed E-state index contributed by atoms with van der Waals surface area (Å²) in [6, 6.07) is 0. The lowest BCUT2D eigenvalue weighted by Gasteiger charge is -2.02. The monoisotopic (exact) mass is 141 g/mol. The van der Waals surface area contributed by atoms with E-state index in [0.29, 0.717) is 0 Å². The average molecular weight is 141 g/mol. The highest BCUT2D eigenvalue weighted by Gasteiger charge is 1.83. The Morgan fingerprint density at radius 3 is 2.00 bits per heavy atom. The maximum absolute atomic E-state index is 4.78. The van der Waals surface area contributed by atoms with E-state index in [9.17, 15) is 0 Å². The van der Waals surface area contributed by atoms with Crippen molar-refractivity contribution in [3.8, 4) is 0 Å². The van der Waals surface area contributed by atoms with Crippen molar-refractivity contribution in [3.63, 3.8) is 0 Å². The molecule has 0 heterocycles. The molecule has 1 nitrogen and oxygen atoms in total. The van der Waals surface area contributed by atoms with Crippen LogP contribution in [0.3, 0.4) is 0 Å². The molecule has 0 aromatic carbocycles. The molecule has 0 radical (unpaired) electrons. The first-order valence-corrected chi connectivity index (χ1v) is 4.32. The lowest BCUT2D eigenvalue weighted by Crippen LogP contribution is -2.04. The van der Waals surface area contributed by atoms with E-state index in [2.05, 4.69) is 12.8 Å². The molecule has 0 saturated heterocycles. The van der Waals surface area contributed by atoms with E-state index in [-0.39, 0.29) is 9.64 Å². The zero-order valence-corrected chi connectivity index (χ0v) is 6.24. The van der Waals surface area contributed by atoms with Gasteiger partial charge in [0.2, 0.25) is 0 Å². The SMILES string of the molecule is CN(S)S(C)=S. The van der Waals surface area contributed by atoms with Gasteiger partial charge >= 0.3 is 0 Å². The van der Waals surface area contributed by atoms with Crippen molar-refractivity contribution in [2.75, 3.05) is 13.3 Å². The molecule has 0 aliphatic carbocycles. The van der Waals surface area contributed by atoms with Crippen LogP contribution in [-0.4, -0.2) is 17.0 Å². The van der Waals surface area contributed by atoms with Crippen molar-refractivity contribution >= 4 is 33.6 Å². The number of nitrogens with zero attached hydrogens (tertiary/aromatic N) is 1. The third kappa shape index (κ3) is 3.08. The summed E-state index contributed by atoms with van der Waals surface area (Å²) < 4.78 is 1.70. The van der Waals surface area contributed by atoms with Gasteiger partial charge < -0.3 is 0 Å². The highest BCUT2D eigenvalue weighted by Crippen LogP contribution is 1.87. The van der Waals surface area contributed by atoms with Crippen LogP contribution in [0.5, 0.6) is 0 Å². The minimum absolute atomic E-state index is 0.0864.